The van der Waals surface area contributed by atoms with E-state index in [0.29, 0.717) is 17.0 Å². The third-order valence-electron chi connectivity index (χ3n) is 5.80. The molecule has 0 heterocycles. The zero-order chi connectivity index (χ0) is 27.1. The predicted octanol–water partition coefficient (Wildman–Crippen LogP) is 6.21. The van der Waals surface area contributed by atoms with Crippen molar-refractivity contribution in [2.24, 2.45) is 0 Å². The van der Waals surface area contributed by atoms with E-state index in [9.17, 15) is 18.0 Å². The van der Waals surface area contributed by atoms with Gasteiger partial charge < -0.3 is 5.32 Å². The van der Waals surface area contributed by atoms with Gasteiger partial charge in [0.25, 0.3) is 0 Å². The Bertz CT molecular complexity index is 1530. The molecular weight excluding hydrogens is 588 g/mol. The molecule has 1 amide bonds. The molecule has 6 nitrogen and oxygen atoms in total. The molecule has 0 atom stereocenters. The number of ketones is 1. The summed E-state index contributed by atoms with van der Waals surface area (Å²) in [7, 11) is -3.99. The number of anilines is 1. The van der Waals surface area contributed by atoms with Gasteiger partial charge in [0, 0.05) is 27.2 Å². The summed E-state index contributed by atoms with van der Waals surface area (Å²) >= 11 is 9.47. The zero-order valence-corrected chi connectivity index (χ0v) is 23.3. The van der Waals surface area contributed by atoms with Gasteiger partial charge in [-0.15, -0.1) is 0 Å². The molecular formula is C29H24BrClN2O4S. The van der Waals surface area contributed by atoms with Crippen LogP contribution >= 0.6 is 27.5 Å². The number of nitrogens with zero attached hydrogens (tertiary/aromatic N) is 1. The van der Waals surface area contributed by atoms with E-state index in [1.807, 2.05) is 30.3 Å². The van der Waals surface area contributed by atoms with E-state index in [0.717, 1.165) is 14.3 Å². The van der Waals surface area contributed by atoms with Crippen molar-refractivity contribution < 1.29 is 18.0 Å². The molecule has 0 aliphatic carbocycles. The summed E-state index contributed by atoms with van der Waals surface area (Å²) in [5, 5.41) is 3.06. The van der Waals surface area contributed by atoms with Crippen molar-refractivity contribution in [1.29, 1.82) is 0 Å². The third kappa shape index (κ3) is 6.96. The Kier molecular flexibility index (Phi) is 9.12. The molecule has 0 radical (unpaired) electrons. The van der Waals surface area contributed by atoms with Gasteiger partial charge >= 0.3 is 0 Å². The number of sulfonamides is 1. The largest absolute Gasteiger partial charge is 0.324 e. The summed E-state index contributed by atoms with van der Waals surface area (Å²) in [6, 6.07) is 28.9. The number of halogens is 2. The Morgan fingerprint density at radius 1 is 0.842 bits per heavy atom. The lowest BCUT2D eigenvalue weighted by Crippen LogP contribution is -2.39. The summed E-state index contributed by atoms with van der Waals surface area (Å²) in [4.78, 5) is 26.4. The Labute approximate surface area is 235 Å². The molecule has 0 bridgehead atoms. The first-order chi connectivity index (χ1) is 18.2. The van der Waals surface area contributed by atoms with Crippen molar-refractivity contribution in [2.75, 3.05) is 18.4 Å². The molecule has 0 aliphatic heterocycles. The summed E-state index contributed by atoms with van der Waals surface area (Å²) in [6.07, 6.45) is 0.419. The quantitative estimate of drug-likeness (QED) is 0.216. The molecule has 0 spiro atoms. The van der Waals surface area contributed by atoms with Crippen LogP contribution in [0.1, 0.15) is 21.5 Å². The summed E-state index contributed by atoms with van der Waals surface area (Å²) < 4.78 is 28.9. The number of nitrogens with one attached hydrogen (secondary N) is 1. The fourth-order valence-corrected chi connectivity index (χ4v) is 5.68. The van der Waals surface area contributed by atoms with E-state index in [1.165, 1.54) is 24.3 Å². The fraction of sp³-hybridized carbons (Fsp3) is 0.103. The minimum Gasteiger partial charge on any atom is -0.324 e. The van der Waals surface area contributed by atoms with E-state index >= 15 is 0 Å². The zero-order valence-electron chi connectivity index (χ0n) is 20.2. The van der Waals surface area contributed by atoms with Crippen molar-refractivity contribution in [3.63, 3.8) is 0 Å². The Morgan fingerprint density at radius 2 is 1.47 bits per heavy atom. The van der Waals surface area contributed by atoms with Crippen LogP contribution in [-0.2, 0) is 21.2 Å². The maximum Gasteiger partial charge on any atom is 0.243 e. The lowest BCUT2D eigenvalue weighted by atomic mass is 10.0. The highest BCUT2D eigenvalue weighted by Crippen LogP contribution is 2.25. The van der Waals surface area contributed by atoms with E-state index in [4.69, 9.17) is 11.6 Å². The molecule has 4 rings (SSSR count). The Morgan fingerprint density at radius 3 is 2.13 bits per heavy atom. The highest BCUT2D eigenvalue weighted by atomic mass is 79.9. The number of carbonyl (C=O) groups excluding carboxylic acids is 2. The molecule has 194 valence electrons. The predicted molar refractivity (Wildman–Crippen MR) is 153 cm³/mol. The number of carbonyl (C=O) groups is 2. The van der Waals surface area contributed by atoms with Crippen molar-refractivity contribution in [2.45, 2.75) is 11.3 Å². The Balaban J connectivity index is 1.59. The molecule has 0 saturated carbocycles. The number of amides is 1. The minimum absolute atomic E-state index is 0.0769. The number of benzene rings is 4. The minimum atomic E-state index is -3.99. The molecule has 4 aromatic rings. The molecule has 0 fully saturated rings. The summed E-state index contributed by atoms with van der Waals surface area (Å²) in [5.41, 5.74) is 1.84. The van der Waals surface area contributed by atoms with Crippen LogP contribution in [0.4, 0.5) is 5.69 Å². The second kappa shape index (κ2) is 12.5. The monoisotopic (exact) mass is 610 g/mol. The van der Waals surface area contributed by atoms with Gasteiger partial charge in [-0.2, -0.15) is 4.31 Å². The van der Waals surface area contributed by atoms with E-state index in [-0.39, 0.29) is 28.5 Å². The molecule has 9 heteroatoms. The van der Waals surface area contributed by atoms with Gasteiger partial charge in [-0.05, 0) is 54.4 Å². The maximum absolute atomic E-state index is 13.5. The average Bonchev–Trinajstić information content (AvgIpc) is 2.93. The standard InChI is InChI=1S/C29H24BrClN2O4S/c30-23-11-14-25(15-12-23)38(36,37)33(18-17-21-7-3-1-4-8-21)20-28(34)32-27-16-13-24(31)19-26(27)29(35)22-9-5-2-6-10-22/h1-16,19H,17-18,20H2,(H,32,34). The number of rotatable bonds is 10. The van der Waals surface area contributed by atoms with Crippen LogP contribution < -0.4 is 5.32 Å². The summed E-state index contributed by atoms with van der Waals surface area (Å²) in [5.74, 6) is -0.894. The van der Waals surface area contributed by atoms with Crippen molar-refractivity contribution in [1.82, 2.24) is 4.31 Å². The Hall–Kier alpha value is -3.30. The topological polar surface area (TPSA) is 83.6 Å². The van der Waals surface area contributed by atoms with Crippen LogP contribution in [0.2, 0.25) is 5.02 Å². The van der Waals surface area contributed by atoms with Gasteiger partial charge in [-0.25, -0.2) is 8.42 Å². The van der Waals surface area contributed by atoms with Crippen molar-refractivity contribution in [3.05, 3.63) is 129 Å². The third-order valence-corrected chi connectivity index (χ3v) is 8.42. The first kappa shape index (κ1) is 27.7. The average molecular weight is 612 g/mol. The number of hydrogen-bond donors (Lipinski definition) is 1. The SMILES string of the molecule is O=C(CN(CCc1ccccc1)S(=O)(=O)c1ccc(Br)cc1)Nc1ccc(Cl)cc1C(=O)c1ccccc1. The molecule has 4 aromatic carbocycles. The van der Waals surface area contributed by atoms with Crippen LogP contribution in [0, 0.1) is 0 Å². The lowest BCUT2D eigenvalue weighted by Gasteiger charge is -2.22. The fourth-order valence-electron chi connectivity index (χ4n) is 3.85. The van der Waals surface area contributed by atoms with Crippen LogP contribution in [-0.4, -0.2) is 37.5 Å². The molecule has 38 heavy (non-hydrogen) atoms. The van der Waals surface area contributed by atoms with Gasteiger partial charge in [0.1, 0.15) is 0 Å². The van der Waals surface area contributed by atoms with E-state index < -0.39 is 22.5 Å². The van der Waals surface area contributed by atoms with Crippen LogP contribution in [0.5, 0.6) is 0 Å². The second-order valence-corrected chi connectivity index (χ2v) is 11.8. The number of hydrogen-bond acceptors (Lipinski definition) is 4. The lowest BCUT2D eigenvalue weighted by molar-refractivity contribution is -0.116. The van der Waals surface area contributed by atoms with Crippen LogP contribution in [0.25, 0.3) is 0 Å². The molecule has 1 N–H and O–H groups in total. The van der Waals surface area contributed by atoms with Gasteiger partial charge in [0.05, 0.1) is 17.1 Å². The smallest absolute Gasteiger partial charge is 0.243 e. The van der Waals surface area contributed by atoms with Gasteiger partial charge in [0.2, 0.25) is 15.9 Å². The van der Waals surface area contributed by atoms with Gasteiger partial charge in [-0.3, -0.25) is 9.59 Å². The van der Waals surface area contributed by atoms with Crippen molar-refractivity contribution in [3.8, 4) is 0 Å². The second-order valence-electron chi connectivity index (χ2n) is 8.46. The van der Waals surface area contributed by atoms with E-state index in [2.05, 4.69) is 21.2 Å². The van der Waals surface area contributed by atoms with Crippen molar-refractivity contribution >= 4 is 54.9 Å². The van der Waals surface area contributed by atoms with Crippen LogP contribution in [0.15, 0.2) is 112 Å². The van der Waals surface area contributed by atoms with E-state index in [1.54, 1.807) is 48.5 Å². The molecule has 0 aliphatic rings. The maximum atomic E-state index is 13.5. The normalized spacial score (nSPS) is 11.3. The van der Waals surface area contributed by atoms with Gasteiger partial charge in [-0.1, -0.05) is 88.2 Å². The first-order valence-corrected chi connectivity index (χ1v) is 14.3. The van der Waals surface area contributed by atoms with Gasteiger partial charge in [0.15, 0.2) is 5.78 Å². The highest BCUT2D eigenvalue weighted by Gasteiger charge is 2.27. The highest BCUT2D eigenvalue weighted by molar-refractivity contribution is 9.10. The molecule has 0 saturated heterocycles. The molecule has 0 unspecified atom stereocenters. The first-order valence-electron chi connectivity index (χ1n) is 11.7. The summed E-state index contributed by atoms with van der Waals surface area (Å²) in [6.45, 7) is -0.348. The van der Waals surface area contributed by atoms with Crippen LogP contribution in [0.3, 0.4) is 0 Å². The molecule has 0 aromatic heterocycles.